The summed E-state index contributed by atoms with van der Waals surface area (Å²) in [4.78, 5) is 0. The maximum atomic E-state index is 8.57. The van der Waals surface area contributed by atoms with Crippen LogP contribution in [0, 0.1) is 0 Å². The monoisotopic (exact) mass is 159 g/mol. The highest BCUT2D eigenvalue weighted by Gasteiger charge is 2.18. The molecular formula is C9H21NO. The standard InChI is InChI=1S/C9H21NO/c1-3-9(10,4-2)7-5-6-8-11/h11H,3-8,10H2,1-2H3. The van der Waals surface area contributed by atoms with Crippen LogP contribution in [0.15, 0.2) is 0 Å². The van der Waals surface area contributed by atoms with Gasteiger partial charge in [0, 0.05) is 12.1 Å². The van der Waals surface area contributed by atoms with Gasteiger partial charge < -0.3 is 10.8 Å². The maximum Gasteiger partial charge on any atom is 0.0431 e. The van der Waals surface area contributed by atoms with E-state index in [9.17, 15) is 0 Å². The Morgan fingerprint density at radius 1 is 1.18 bits per heavy atom. The zero-order valence-corrected chi connectivity index (χ0v) is 7.77. The normalized spacial score (nSPS) is 12.0. The summed E-state index contributed by atoms with van der Waals surface area (Å²) in [6.45, 7) is 4.55. The van der Waals surface area contributed by atoms with Crippen LogP contribution in [0.3, 0.4) is 0 Å². The van der Waals surface area contributed by atoms with E-state index in [-0.39, 0.29) is 5.54 Å². The van der Waals surface area contributed by atoms with E-state index >= 15 is 0 Å². The molecule has 0 spiro atoms. The third kappa shape index (κ3) is 4.38. The number of aliphatic hydroxyl groups is 1. The topological polar surface area (TPSA) is 46.2 Å². The summed E-state index contributed by atoms with van der Waals surface area (Å²) in [7, 11) is 0. The summed E-state index contributed by atoms with van der Waals surface area (Å²) in [6.07, 6.45) is 5.05. The van der Waals surface area contributed by atoms with E-state index in [1.165, 1.54) is 0 Å². The van der Waals surface area contributed by atoms with Gasteiger partial charge >= 0.3 is 0 Å². The van der Waals surface area contributed by atoms with Gasteiger partial charge in [-0.25, -0.2) is 0 Å². The minimum absolute atomic E-state index is 0.0230. The fourth-order valence-electron chi connectivity index (χ4n) is 1.19. The predicted octanol–water partition coefficient (Wildman–Crippen LogP) is 1.67. The summed E-state index contributed by atoms with van der Waals surface area (Å²) in [6, 6.07) is 0. The Morgan fingerprint density at radius 3 is 2.09 bits per heavy atom. The molecule has 0 saturated carbocycles. The molecule has 0 saturated heterocycles. The van der Waals surface area contributed by atoms with E-state index in [2.05, 4.69) is 13.8 Å². The van der Waals surface area contributed by atoms with Crippen molar-refractivity contribution in [3.63, 3.8) is 0 Å². The van der Waals surface area contributed by atoms with Crippen molar-refractivity contribution in [1.29, 1.82) is 0 Å². The van der Waals surface area contributed by atoms with Crippen LogP contribution in [0.5, 0.6) is 0 Å². The zero-order valence-electron chi connectivity index (χ0n) is 7.77. The van der Waals surface area contributed by atoms with E-state index in [4.69, 9.17) is 10.8 Å². The van der Waals surface area contributed by atoms with Gasteiger partial charge in [0.05, 0.1) is 0 Å². The van der Waals surface area contributed by atoms with Crippen LogP contribution in [-0.4, -0.2) is 17.3 Å². The second-order valence-corrected chi connectivity index (χ2v) is 3.25. The molecule has 2 nitrogen and oxygen atoms in total. The number of nitrogens with two attached hydrogens (primary N) is 1. The molecule has 0 fully saturated rings. The van der Waals surface area contributed by atoms with Gasteiger partial charge in [-0.05, 0) is 32.1 Å². The Bertz CT molecular complexity index is 89.6. The Labute approximate surface area is 69.8 Å². The fourth-order valence-corrected chi connectivity index (χ4v) is 1.19. The van der Waals surface area contributed by atoms with Crippen molar-refractivity contribution in [3.8, 4) is 0 Å². The minimum atomic E-state index is 0.0230. The Morgan fingerprint density at radius 2 is 1.73 bits per heavy atom. The van der Waals surface area contributed by atoms with Crippen molar-refractivity contribution in [2.24, 2.45) is 5.73 Å². The highest BCUT2D eigenvalue weighted by atomic mass is 16.2. The molecule has 0 bridgehead atoms. The predicted molar refractivity (Wildman–Crippen MR) is 48.4 cm³/mol. The number of unbranched alkanes of at least 4 members (excludes halogenated alkanes) is 1. The lowest BCUT2D eigenvalue weighted by Gasteiger charge is -2.26. The Balaban J connectivity index is 3.51. The highest BCUT2D eigenvalue weighted by molar-refractivity contribution is 4.80. The van der Waals surface area contributed by atoms with Gasteiger partial charge in [-0.2, -0.15) is 0 Å². The minimum Gasteiger partial charge on any atom is -0.396 e. The zero-order chi connectivity index (χ0) is 8.74. The smallest absolute Gasteiger partial charge is 0.0431 e. The molecule has 0 aliphatic carbocycles. The summed E-state index contributed by atoms with van der Waals surface area (Å²) in [5, 5.41) is 8.57. The summed E-state index contributed by atoms with van der Waals surface area (Å²) in [5.74, 6) is 0. The Kier molecular flexibility index (Phi) is 5.51. The van der Waals surface area contributed by atoms with Crippen LogP contribution in [-0.2, 0) is 0 Å². The van der Waals surface area contributed by atoms with Crippen LogP contribution < -0.4 is 5.73 Å². The first-order chi connectivity index (χ1) is 5.18. The lowest BCUT2D eigenvalue weighted by atomic mass is 9.88. The largest absolute Gasteiger partial charge is 0.396 e. The lowest BCUT2D eigenvalue weighted by molar-refractivity contribution is 0.268. The average molecular weight is 159 g/mol. The van der Waals surface area contributed by atoms with Gasteiger partial charge in [-0.3, -0.25) is 0 Å². The number of hydrogen-bond donors (Lipinski definition) is 2. The molecule has 0 atom stereocenters. The van der Waals surface area contributed by atoms with E-state index in [0.717, 1.165) is 32.1 Å². The van der Waals surface area contributed by atoms with Crippen LogP contribution in [0.2, 0.25) is 0 Å². The molecule has 0 radical (unpaired) electrons. The van der Waals surface area contributed by atoms with Crippen LogP contribution in [0.4, 0.5) is 0 Å². The van der Waals surface area contributed by atoms with Crippen LogP contribution >= 0.6 is 0 Å². The first kappa shape index (κ1) is 10.9. The molecule has 0 aromatic carbocycles. The van der Waals surface area contributed by atoms with Crippen molar-refractivity contribution < 1.29 is 5.11 Å². The van der Waals surface area contributed by atoms with Crippen molar-refractivity contribution in [2.75, 3.05) is 6.61 Å². The third-order valence-electron chi connectivity index (χ3n) is 2.49. The summed E-state index contributed by atoms with van der Waals surface area (Å²) < 4.78 is 0. The summed E-state index contributed by atoms with van der Waals surface area (Å²) >= 11 is 0. The third-order valence-corrected chi connectivity index (χ3v) is 2.49. The van der Waals surface area contributed by atoms with Crippen LogP contribution in [0.25, 0.3) is 0 Å². The van der Waals surface area contributed by atoms with E-state index in [1.807, 2.05) is 0 Å². The van der Waals surface area contributed by atoms with Crippen molar-refractivity contribution in [1.82, 2.24) is 0 Å². The van der Waals surface area contributed by atoms with Gasteiger partial charge in [0.1, 0.15) is 0 Å². The van der Waals surface area contributed by atoms with E-state index in [0.29, 0.717) is 6.61 Å². The molecule has 0 aromatic heterocycles. The van der Waals surface area contributed by atoms with Gasteiger partial charge in [0.25, 0.3) is 0 Å². The highest BCUT2D eigenvalue weighted by Crippen LogP contribution is 2.18. The van der Waals surface area contributed by atoms with Crippen molar-refractivity contribution in [3.05, 3.63) is 0 Å². The molecule has 0 aliphatic rings. The second kappa shape index (κ2) is 5.56. The Hall–Kier alpha value is -0.0800. The quantitative estimate of drug-likeness (QED) is 0.579. The SMILES string of the molecule is CCC(N)(CC)CCCCO. The molecule has 0 aromatic rings. The maximum absolute atomic E-state index is 8.57. The van der Waals surface area contributed by atoms with Gasteiger partial charge in [-0.1, -0.05) is 13.8 Å². The van der Waals surface area contributed by atoms with Crippen molar-refractivity contribution >= 4 is 0 Å². The number of rotatable bonds is 6. The van der Waals surface area contributed by atoms with Crippen molar-refractivity contribution in [2.45, 2.75) is 51.5 Å². The first-order valence-corrected chi connectivity index (χ1v) is 4.58. The molecule has 0 unspecified atom stereocenters. The number of aliphatic hydroxyl groups excluding tert-OH is 1. The van der Waals surface area contributed by atoms with Gasteiger partial charge in [0.2, 0.25) is 0 Å². The lowest BCUT2D eigenvalue weighted by Crippen LogP contribution is -2.38. The molecule has 68 valence electrons. The molecule has 2 heteroatoms. The molecule has 0 aliphatic heterocycles. The fraction of sp³-hybridized carbons (Fsp3) is 1.00. The van der Waals surface area contributed by atoms with Gasteiger partial charge in [-0.15, -0.1) is 0 Å². The summed E-state index contributed by atoms with van der Waals surface area (Å²) in [5.41, 5.74) is 6.08. The van der Waals surface area contributed by atoms with E-state index < -0.39 is 0 Å². The molecule has 0 heterocycles. The number of hydrogen-bond acceptors (Lipinski definition) is 2. The molecule has 0 rings (SSSR count). The van der Waals surface area contributed by atoms with Gasteiger partial charge in [0.15, 0.2) is 0 Å². The molecule has 0 amide bonds. The molecule has 11 heavy (non-hydrogen) atoms. The second-order valence-electron chi connectivity index (χ2n) is 3.25. The molecule has 3 N–H and O–H groups in total. The van der Waals surface area contributed by atoms with E-state index in [1.54, 1.807) is 0 Å². The first-order valence-electron chi connectivity index (χ1n) is 4.58. The average Bonchev–Trinajstić information content (AvgIpc) is 2.05. The van der Waals surface area contributed by atoms with Crippen LogP contribution in [0.1, 0.15) is 46.0 Å². The molecular weight excluding hydrogens is 138 g/mol.